The third-order valence-electron chi connectivity index (χ3n) is 2.88. The first-order valence-corrected chi connectivity index (χ1v) is 7.58. The van der Waals surface area contributed by atoms with Gasteiger partial charge in [-0.25, -0.2) is 0 Å². The molecule has 2 nitrogen and oxygen atoms in total. The molecule has 2 rings (SSSR count). The number of anilines is 1. The zero-order valence-electron chi connectivity index (χ0n) is 10.3. The van der Waals surface area contributed by atoms with Crippen LogP contribution in [-0.4, -0.2) is 11.7 Å². The predicted octanol–water partition coefficient (Wildman–Crippen LogP) is 4.03. The molecule has 0 aliphatic rings. The van der Waals surface area contributed by atoms with E-state index < -0.39 is 0 Å². The molecule has 0 atom stereocenters. The molecule has 1 heterocycles. The number of thiophene rings is 1. The Hall–Kier alpha value is -0.840. The van der Waals surface area contributed by atoms with E-state index in [4.69, 9.17) is 0 Å². The van der Waals surface area contributed by atoms with Gasteiger partial charge in [0.15, 0.2) is 0 Å². The Balaban J connectivity index is 2.19. The average Bonchev–Trinajstić information content (AvgIpc) is 2.88. The summed E-state index contributed by atoms with van der Waals surface area (Å²) in [7, 11) is 0. The molecule has 0 bridgehead atoms. The summed E-state index contributed by atoms with van der Waals surface area (Å²) in [5.74, 6) is 0. The molecule has 0 aliphatic carbocycles. The van der Waals surface area contributed by atoms with Crippen molar-refractivity contribution in [1.82, 2.24) is 0 Å². The third-order valence-corrected chi connectivity index (χ3v) is 4.48. The van der Waals surface area contributed by atoms with Crippen LogP contribution in [0, 0.1) is 0 Å². The fourth-order valence-corrected chi connectivity index (χ4v) is 3.05. The first-order valence-electron chi connectivity index (χ1n) is 5.91. The van der Waals surface area contributed by atoms with Crippen LogP contribution >= 0.6 is 27.3 Å². The molecule has 1 aromatic heterocycles. The fraction of sp³-hybridized carbons (Fsp3) is 0.286. The lowest BCUT2D eigenvalue weighted by molar-refractivity contribution is 0.281. The monoisotopic (exact) mass is 325 g/mol. The molecule has 0 radical (unpaired) electrons. The fourth-order valence-electron chi connectivity index (χ4n) is 1.84. The number of aliphatic hydroxyl groups is 1. The summed E-state index contributed by atoms with van der Waals surface area (Å²) in [6.07, 6.45) is 0. The van der Waals surface area contributed by atoms with E-state index in [2.05, 4.69) is 57.4 Å². The normalized spacial score (nSPS) is 10.6. The largest absolute Gasteiger partial charge is 0.392 e. The minimum atomic E-state index is 0.0674. The molecule has 1 aromatic carbocycles. The summed E-state index contributed by atoms with van der Waals surface area (Å²) in [5, 5.41) is 11.3. The lowest BCUT2D eigenvalue weighted by Crippen LogP contribution is -2.21. The van der Waals surface area contributed by atoms with Gasteiger partial charge in [0, 0.05) is 21.6 Å². The van der Waals surface area contributed by atoms with Gasteiger partial charge in [-0.15, -0.1) is 11.3 Å². The summed E-state index contributed by atoms with van der Waals surface area (Å²) in [6, 6.07) is 10.3. The smallest absolute Gasteiger partial charge is 0.0692 e. The highest BCUT2D eigenvalue weighted by Gasteiger charge is 2.08. The highest BCUT2D eigenvalue weighted by Crippen LogP contribution is 2.26. The lowest BCUT2D eigenvalue weighted by Gasteiger charge is -2.23. The van der Waals surface area contributed by atoms with Gasteiger partial charge >= 0.3 is 0 Å². The van der Waals surface area contributed by atoms with Gasteiger partial charge in [-0.1, -0.05) is 28.1 Å². The van der Waals surface area contributed by atoms with Gasteiger partial charge < -0.3 is 10.0 Å². The van der Waals surface area contributed by atoms with Crippen LogP contribution in [0.3, 0.4) is 0 Å². The molecule has 0 aliphatic heterocycles. The van der Waals surface area contributed by atoms with Gasteiger partial charge in [0.1, 0.15) is 0 Å². The lowest BCUT2D eigenvalue weighted by atomic mass is 10.2. The van der Waals surface area contributed by atoms with Crippen molar-refractivity contribution >= 4 is 33.0 Å². The van der Waals surface area contributed by atoms with Crippen molar-refractivity contribution in [2.45, 2.75) is 20.1 Å². The van der Waals surface area contributed by atoms with Gasteiger partial charge in [-0.05, 0) is 36.1 Å². The van der Waals surface area contributed by atoms with E-state index in [-0.39, 0.29) is 6.61 Å². The molecule has 0 saturated heterocycles. The van der Waals surface area contributed by atoms with Gasteiger partial charge in [0.05, 0.1) is 13.2 Å². The minimum absolute atomic E-state index is 0.0674. The number of benzene rings is 1. The molecular formula is C14H16BrNOS. The van der Waals surface area contributed by atoms with Crippen LogP contribution in [0.2, 0.25) is 0 Å². The predicted molar refractivity (Wildman–Crippen MR) is 81.1 cm³/mol. The quantitative estimate of drug-likeness (QED) is 0.897. The maximum atomic E-state index is 9.17. The van der Waals surface area contributed by atoms with Gasteiger partial charge in [-0.3, -0.25) is 0 Å². The summed E-state index contributed by atoms with van der Waals surface area (Å²) in [6.45, 7) is 4.11. The highest BCUT2D eigenvalue weighted by molar-refractivity contribution is 9.10. The van der Waals surface area contributed by atoms with Crippen LogP contribution in [0.15, 0.2) is 40.2 Å². The van der Waals surface area contributed by atoms with E-state index in [1.807, 2.05) is 6.07 Å². The molecular weight excluding hydrogens is 310 g/mol. The highest BCUT2D eigenvalue weighted by atomic mass is 79.9. The van der Waals surface area contributed by atoms with Gasteiger partial charge in [-0.2, -0.15) is 0 Å². The van der Waals surface area contributed by atoms with E-state index in [1.54, 1.807) is 11.3 Å². The van der Waals surface area contributed by atoms with Crippen LogP contribution in [0.5, 0.6) is 0 Å². The van der Waals surface area contributed by atoms with Crippen molar-refractivity contribution in [2.24, 2.45) is 0 Å². The van der Waals surface area contributed by atoms with E-state index in [1.165, 1.54) is 10.6 Å². The van der Waals surface area contributed by atoms with Crippen LogP contribution in [-0.2, 0) is 13.2 Å². The number of hydrogen-bond donors (Lipinski definition) is 1. The molecule has 2 aromatic rings. The number of rotatable bonds is 5. The van der Waals surface area contributed by atoms with E-state index in [0.717, 1.165) is 23.1 Å². The average molecular weight is 326 g/mol. The van der Waals surface area contributed by atoms with E-state index in [9.17, 15) is 5.11 Å². The topological polar surface area (TPSA) is 23.5 Å². The SMILES string of the molecule is CCN(Cc1cccs1)c1ccc(CO)c(Br)c1. The number of hydrogen-bond acceptors (Lipinski definition) is 3. The van der Waals surface area contributed by atoms with Crippen molar-refractivity contribution in [3.63, 3.8) is 0 Å². The van der Waals surface area contributed by atoms with Crippen molar-refractivity contribution in [3.8, 4) is 0 Å². The third kappa shape index (κ3) is 3.13. The summed E-state index contributed by atoms with van der Waals surface area (Å²) in [4.78, 5) is 3.68. The summed E-state index contributed by atoms with van der Waals surface area (Å²) in [5.41, 5.74) is 2.10. The molecule has 18 heavy (non-hydrogen) atoms. The molecule has 0 fully saturated rings. The Morgan fingerprint density at radius 3 is 2.72 bits per heavy atom. The minimum Gasteiger partial charge on any atom is -0.392 e. The van der Waals surface area contributed by atoms with Crippen LogP contribution in [0.4, 0.5) is 5.69 Å². The first-order chi connectivity index (χ1) is 8.74. The summed E-state index contributed by atoms with van der Waals surface area (Å²) >= 11 is 5.28. The Morgan fingerprint density at radius 1 is 1.33 bits per heavy atom. The van der Waals surface area contributed by atoms with Crippen molar-refractivity contribution < 1.29 is 5.11 Å². The first kappa shape index (κ1) is 13.6. The van der Waals surface area contributed by atoms with Gasteiger partial charge in [0.25, 0.3) is 0 Å². The molecule has 0 unspecified atom stereocenters. The molecule has 0 amide bonds. The summed E-state index contributed by atoms with van der Waals surface area (Å²) < 4.78 is 0.965. The Morgan fingerprint density at radius 2 is 2.17 bits per heavy atom. The second kappa shape index (κ2) is 6.36. The van der Waals surface area contributed by atoms with Crippen LogP contribution in [0.25, 0.3) is 0 Å². The maximum absolute atomic E-state index is 9.17. The maximum Gasteiger partial charge on any atom is 0.0692 e. The second-order valence-electron chi connectivity index (χ2n) is 4.03. The van der Waals surface area contributed by atoms with Crippen molar-refractivity contribution in [3.05, 3.63) is 50.6 Å². The standard InChI is InChI=1S/C14H16BrNOS/c1-2-16(9-13-4-3-7-18-13)12-6-5-11(10-17)14(15)8-12/h3-8,17H,2,9-10H2,1H3. The Kier molecular flexibility index (Phi) is 4.80. The second-order valence-corrected chi connectivity index (χ2v) is 5.91. The van der Waals surface area contributed by atoms with Crippen molar-refractivity contribution in [1.29, 1.82) is 0 Å². The number of aliphatic hydroxyl groups excluding tert-OH is 1. The molecule has 0 spiro atoms. The van der Waals surface area contributed by atoms with Crippen LogP contribution in [0.1, 0.15) is 17.4 Å². The zero-order chi connectivity index (χ0) is 13.0. The number of halogens is 1. The van der Waals surface area contributed by atoms with E-state index in [0.29, 0.717) is 0 Å². The number of nitrogens with zero attached hydrogens (tertiary/aromatic N) is 1. The van der Waals surface area contributed by atoms with Crippen molar-refractivity contribution in [2.75, 3.05) is 11.4 Å². The molecule has 0 saturated carbocycles. The molecule has 96 valence electrons. The Bertz CT molecular complexity index is 499. The molecule has 4 heteroatoms. The van der Waals surface area contributed by atoms with Crippen LogP contribution < -0.4 is 4.90 Å². The van der Waals surface area contributed by atoms with E-state index >= 15 is 0 Å². The molecule has 1 N–H and O–H groups in total. The zero-order valence-corrected chi connectivity index (χ0v) is 12.7. The van der Waals surface area contributed by atoms with Gasteiger partial charge in [0.2, 0.25) is 0 Å². The Labute approximate surface area is 120 Å².